The maximum atomic E-state index is 12.7. The van der Waals surface area contributed by atoms with Gasteiger partial charge in [0.1, 0.15) is 6.61 Å². The van der Waals surface area contributed by atoms with E-state index in [9.17, 15) is 19.0 Å². The Hall–Kier alpha value is -2.55. The molecule has 0 fully saturated rings. The number of carbonyl (C=O) groups excluding carboxylic acids is 2. The Kier molecular flexibility index (Phi) is 58.6. The number of hydrogen-bond donors (Lipinski definition) is 2. The van der Waals surface area contributed by atoms with Crippen LogP contribution >= 0.6 is 7.82 Å². The highest BCUT2D eigenvalue weighted by molar-refractivity contribution is 7.47. The molecule has 0 heterocycles. The van der Waals surface area contributed by atoms with Gasteiger partial charge in [-0.3, -0.25) is 18.6 Å². The van der Waals surface area contributed by atoms with E-state index < -0.39 is 26.5 Å². The zero-order valence-corrected chi connectivity index (χ0v) is 49.7. The predicted molar refractivity (Wildman–Crippen MR) is 321 cm³/mol. The van der Waals surface area contributed by atoms with Crippen LogP contribution in [0.4, 0.5) is 0 Å². The zero-order valence-electron chi connectivity index (χ0n) is 48.8. The van der Waals surface area contributed by atoms with E-state index in [0.717, 1.165) is 64.2 Å². The number of unbranched alkanes of at least 4 members (excludes halogenated alkanes) is 34. The Bertz CT molecular complexity index is 1460. The van der Waals surface area contributed by atoms with Gasteiger partial charge in [-0.1, -0.05) is 273 Å². The second-order valence-corrected chi connectivity index (χ2v) is 22.3. The maximum absolute atomic E-state index is 12.7. The van der Waals surface area contributed by atoms with Gasteiger partial charge in [0.15, 0.2) is 6.10 Å². The number of phosphoric ester groups is 1. The standard InChI is InChI=1S/C65H118NO8P/c1-3-5-7-9-11-13-15-17-19-21-23-25-26-27-28-29-30-31-32-33-34-35-36-38-40-42-44-46-48-50-52-54-56-58-65(68)74-63(62-73-75(69,70)72-60-59-66)61-71-64(67)57-55-53-51-49-47-45-43-41-39-37-24-22-20-18-16-14-12-10-8-6-4-2/h5,7,11,13,16-19,22-25,63H,3-4,6,8-10,12,14-15,20-21,26-62,66H2,1-2H3,(H,69,70)/b7-5-,13-11-,18-16-,19-17-,24-22-,25-23-. The van der Waals surface area contributed by atoms with Gasteiger partial charge in [-0.15, -0.1) is 0 Å². The van der Waals surface area contributed by atoms with E-state index in [0.29, 0.717) is 6.42 Å². The fraction of sp³-hybridized carbons (Fsp3) is 0.785. The van der Waals surface area contributed by atoms with Gasteiger partial charge in [0.05, 0.1) is 13.2 Å². The van der Waals surface area contributed by atoms with E-state index in [1.54, 1.807) is 0 Å². The van der Waals surface area contributed by atoms with Crippen LogP contribution in [0.2, 0.25) is 0 Å². The highest BCUT2D eigenvalue weighted by atomic mass is 31.2. The Morgan fingerprint density at radius 1 is 0.413 bits per heavy atom. The second-order valence-electron chi connectivity index (χ2n) is 20.9. The van der Waals surface area contributed by atoms with Gasteiger partial charge in [0.2, 0.25) is 0 Å². The van der Waals surface area contributed by atoms with Crippen molar-refractivity contribution in [2.45, 2.75) is 302 Å². The molecule has 0 rings (SSSR count). The lowest BCUT2D eigenvalue weighted by atomic mass is 10.0. The first kappa shape index (κ1) is 72.5. The van der Waals surface area contributed by atoms with Crippen molar-refractivity contribution in [3.05, 3.63) is 72.9 Å². The van der Waals surface area contributed by atoms with Gasteiger partial charge < -0.3 is 20.1 Å². The topological polar surface area (TPSA) is 134 Å². The zero-order chi connectivity index (χ0) is 54.5. The lowest BCUT2D eigenvalue weighted by molar-refractivity contribution is -0.161. The van der Waals surface area contributed by atoms with Crippen LogP contribution in [0.5, 0.6) is 0 Å². The molecule has 0 aliphatic rings. The van der Waals surface area contributed by atoms with Gasteiger partial charge in [0, 0.05) is 19.4 Å². The van der Waals surface area contributed by atoms with Crippen molar-refractivity contribution in [1.82, 2.24) is 0 Å². The third kappa shape index (κ3) is 60.5. The lowest BCUT2D eigenvalue weighted by Gasteiger charge is -2.19. The normalized spacial score (nSPS) is 13.5. The van der Waals surface area contributed by atoms with Crippen molar-refractivity contribution < 1.29 is 37.6 Å². The summed E-state index contributed by atoms with van der Waals surface area (Å²) < 4.78 is 33.1. The van der Waals surface area contributed by atoms with Crippen LogP contribution in [0.25, 0.3) is 0 Å². The number of esters is 2. The summed E-state index contributed by atoms with van der Waals surface area (Å²) in [7, 11) is -4.39. The molecule has 0 bridgehead atoms. The number of ether oxygens (including phenoxy) is 2. The minimum atomic E-state index is -4.39. The summed E-state index contributed by atoms with van der Waals surface area (Å²) in [5, 5.41) is 0. The molecular formula is C65H118NO8P. The van der Waals surface area contributed by atoms with Crippen molar-refractivity contribution >= 4 is 19.8 Å². The van der Waals surface area contributed by atoms with E-state index in [4.69, 9.17) is 24.3 Å². The Morgan fingerprint density at radius 2 is 0.733 bits per heavy atom. The number of rotatable bonds is 59. The molecule has 75 heavy (non-hydrogen) atoms. The molecule has 2 atom stereocenters. The number of carbonyl (C=O) groups is 2. The fourth-order valence-electron chi connectivity index (χ4n) is 8.95. The summed E-state index contributed by atoms with van der Waals surface area (Å²) in [6, 6.07) is 0. The van der Waals surface area contributed by atoms with Crippen molar-refractivity contribution in [3.8, 4) is 0 Å². The third-order valence-electron chi connectivity index (χ3n) is 13.6. The van der Waals surface area contributed by atoms with Crippen molar-refractivity contribution in [1.29, 1.82) is 0 Å². The molecule has 2 unspecified atom stereocenters. The molecule has 0 aromatic carbocycles. The van der Waals surface area contributed by atoms with Gasteiger partial charge in [-0.2, -0.15) is 0 Å². The maximum Gasteiger partial charge on any atom is 0.472 e. The highest BCUT2D eigenvalue weighted by Crippen LogP contribution is 2.43. The van der Waals surface area contributed by atoms with E-state index in [1.165, 1.54) is 199 Å². The average Bonchev–Trinajstić information content (AvgIpc) is 3.40. The molecule has 0 saturated heterocycles. The first-order chi connectivity index (χ1) is 36.8. The number of hydrogen-bond acceptors (Lipinski definition) is 8. The number of nitrogens with two attached hydrogens (primary N) is 1. The van der Waals surface area contributed by atoms with Crippen molar-refractivity contribution in [2.24, 2.45) is 5.73 Å². The van der Waals surface area contributed by atoms with Crippen LogP contribution in [0.1, 0.15) is 296 Å². The van der Waals surface area contributed by atoms with E-state index in [-0.39, 0.29) is 38.6 Å². The summed E-state index contributed by atoms with van der Waals surface area (Å²) in [4.78, 5) is 35.2. The van der Waals surface area contributed by atoms with Crippen LogP contribution in [-0.4, -0.2) is 49.3 Å². The van der Waals surface area contributed by atoms with Crippen LogP contribution in [0.3, 0.4) is 0 Å². The van der Waals surface area contributed by atoms with Crippen molar-refractivity contribution in [2.75, 3.05) is 26.4 Å². The molecule has 0 aromatic heterocycles. The smallest absolute Gasteiger partial charge is 0.462 e. The molecule has 3 N–H and O–H groups in total. The van der Waals surface area contributed by atoms with Gasteiger partial charge in [-0.05, 0) is 83.5 Å². The SMILES string of the molecule is CC/C=C\C/C=C\C/C=C\C/C=C\CCCCCCCCCCCCCCCCCCCCCCC(=O)OC(COC(=O)CCCCCCCCCCC/C=C\C/C=C\CCCCCCC)COP(=O)(O)OCCN. The lowest BCUT2D eigenvalue weighted by Crippen LogP contribution is -2.29. The van der Waals surface area contributed by atoms with Crippen molar-refractivity contribution in [3.63, 3.8) is 0 Å². The van der Waals surface area contributed by atoms with Crippen LogP contribution in [0, 0.1) is 0 Å². The Balaban J connectivity index is 3.88. The van der Waals surface area contributed by atoms with E-state index >= 15 is 0 Å². The molecule has 0 aliphatic carbocycles. The Labute approximate surface area is 462 Å². The van der Waals surface area contributed by atoms with E-state index in [2.05, 4.69) is 86.8 Å². The quantitative estimate of drug-likeness (QED) is 0.0264. The van der Waals surface area contributed by atoms with E-state index in [1.807, 2.05) is 0 Å². The summed E-state index contributed by atoms with van der Waals surface area (Å²) in [6.45, 7) is 3.65. The Morgan fingerprint density at radius 3 is 1.09 bits per heavy atom. The molecule has 0 aromatic rings. The number of allylic oxidation sites excluding steroid dienone is 12. The largest absolute Gasteiger partial charge is 0.472 e. The third-order valence-corrected chi connectivity index (χ3v) is 14.6. The molecular weight excluding hydrogens is 954 g/mol. The molecule has 9 nitrogen and oxygen atoms in total. The van der Waals surface area contributed by atoms with Gasteiger partial charge in [0.25, 0.3) is 0 Å². The summed E-state index contributed by atoms with van der Waals surface area (Å²) in [5.74, 6) is -0.822. The highest BCUT2D eigenvalue weighted by Gasteiger charge is 2.26. The minimum absolute atomic E-state index is 0.0522. The first-order valence-corrected chi connectivity index (χ1v) is 32.9. The van der Waals surface area contributed by atoms with Gasteiger partial charge in [-0.25, -0.2) is 4.57 Å². The average molecular weight is 1070 g/mol. The molecule has 0 spiro atoms. The fourth-order valence-corrected chi connectivity index (χ4v) is 9.72. The second kappa shape index (κ2) is 60.7. The molecule has 0 radical (unpaired) electrons. The summed E-state index contributed by atoms with van der Waals surface area (Å²) >= 11 is 0. The van der Waals surface area contributed by atoms with Crippen LogP contribution < -0.4 is 5.73 Å². The summed E-state index contributed by atoms with van der Waals surface area (Å²) in [6.07, 6.45) is 78.3. The number of phosphoric acid groups is 1. The summed E-state index contributed by atoms with van der Waals surface area (Å²) in [5.41, 5.74) is 5.39. The minimum Gasteiger partial charge on any atom is -0.462 e. The van der Waals surface area contributed by atoms with Crippen LogP contribution in [0.15, 0.2) is 72.9 Å². The predicted octanol–water partition coefficient (Wildman–Crippen LogP) is 20.1. The molecule has 436 valence electrons. The molecule has 10 heteroatoms. The van der Waals surface area contributed by atoms with Gasteiger partial charge >= 0.3 is 19.8 Å². The molecule has 0 aliphatic heterocycles. The van der Waals surface area contributed by atoms with Crippen LogP contribution in [-0.2, 0) is 32.7 Å². The first-order valence-electron chi connectivity index (χ1n) is 31.4. The monoisotopic (exact) mass is 1070 g/mol. The molecule has 0 amide bonds. The molecule has 0 saturated carbocycles.